The number of fused-ring (bicyclic) bond motifs is 4. The first kappa shape index (κ1) is 25.4. The lowest BCUT2D eigenvalue weighted by atomic mass is 9.84. The van der Waals surface area contributed by atoms with Gasteiger partial charge in [0.25, 0.3) is 0 Å². The molecule has 4 aromatic carbocycles. The van der Waals surface area contributed by atoms with E-state index in [1.807, 2.05) is 0 Å². The van der Waals surface area contributed by atoms with E-state index in [-0.39, 0.29) is 66.9 Å². The Bertz CT molecular complexity index is 1690. The number of phenolic OH excluding ortho intramolecular Hbond substituents is 6. The molecule has 0 unspecified atom stereocenters. The van der Waals surface area contributed by atoms with Crippen molar-refractivity contribution in [2.75, 3.05) is 0 Å². The molecule has 4 aromatic rings. The van der Waals surface area contributed by atoms with Crippen molar-refractivity contribution in [3.05, 3.63) is 35.4 Å². The average Bonchev–Trinajstić information content (AvgIpc) is 2.86. The molecule has 0 bridgehead atoms. The van der Waals surface area contributed by atoms with E-state index in [9.17, 15) is 40.2 Å². The molecule has 2 aliphatic rings. The number of ketones is 2. The Morgan fingerprint density at radius 1 is 0.525 bits per heavy atom. The second-order valence-corrected chi connectivity index (χ2v) is 10.6. The van der Waals surface area contributed by atoms with Gasteiger partial charge in [-0.25, -0.2) is 0 Å². The Labute approximate surface area is 227 Å². The maximum absolute atomic E-state index is 13.0. The monoisotopic (exact) mass is 546 g/mol. The van der Waals surface area contributed by atoms with E-state index in [0.717, 1.165) is 12.1 Å². The molecule has 4 atom stereocenters. The second kappa shape index (κ2) is 8.32. The summed E-state index contributed by atoms with van der Waals surface area (Å²) in [6, 6.07) is 4.65. The van der Waals surface area contributed by atoms with Crippen LogP contribution in [-0.4, -0.2) is 54.4 Å². The number of rotatable bonds is 1. The van der Waals surface area contributed by atoms with Gasteiger partial charge in [-0.05, 0) is 26.0 Å². The summed E-state index contributed by atoms with van der Waals surface area (Å²) in [7, 11) is 0. The van der Waals surface area contributed by atoms with Crippen molar-refractivity contribution in [2.45, 2.75) is 39.9 Å². The standard InChI is InChI=1S/C30H26O10/c1-9-11(3)39-19-5-13-21(15(31)7-17(33)23(13)29(37)25(19)27(9)35)22-14-6-20-26(28(36)10(2)12(4)40-20)30(38)24(14)18(34)8-16(22)32/h5-12,31-34,37-38H,1-4H3/t9-,10+,11-,12-/m1/s1. The van der Waals surface area contributed by atoms with Crippen LogP contribution in [0.25, 0.3) is 32.7 Å². The lowest BCUT2D eigenvalue weighted by molar-refractivity contribution is 0.0716. The van der Waals surface area contributed by atoms with E-state index in [4.69, 9.17) is 9.47 Å². The van der Waals surface area contributed by atoms with Crippen LogP contribution in [-0.2, 0) is 0 Å². The van der Waals surface area contributed by atoms with E-state index in [2.05, 4.69) is 0 Å². The number of hydrogen-bond donors (Lipinski definition) is 6. The summed E-state index contributed by atoms with van der Waals surface area (Å²) in [5, 5.41) is 65.7. The highest BCUT2D eigenvalue weighted by Gasteiger charge is 2.38. The largest absolute Gasteiger partial charge is 0.507 e. The molecule has 10 heteroatoms. The third-order valence-electron chi connectivity index (χ3n) is 8.24. The molecule has 6 rings (SSSR count). The topological polar surface area (TPSA) is 174 Å². The first-order valence-electron chi connectivity index (χ1n) is 12.7. The van der Waals surface area contributed by atoms with Gasteiger partial charge in [-0.15, -0.1) is 0 Å². The molecule has 0 saturated heterocycles. The number of benzene rings is 4. The zero-order valence-electron chi connectivity index (χ0n) is 21.9. The number of Topliss-reactive ketones (excluding diaryl/α,β-unsaturated/α-hetero) is 2. The van der Waals surface area contributed by atoms with Crippen molar-refractivity contribution in [3.8, 4) is 57.1 Å². The minimum absolute atomic E-state index is 0.0155. The predicted molar refractivity (Wildman–Crippen MR) is 144 cm³/mol. The van der Waals surface area contributed by atoms with Gasteiger partial charge in [-0.3, -0.25) is 9.59 Å². The Morgan fingerprint density at radius 2 is 0.875 bits per heavy atom. The maximum Gasteiger partial charge on any atom is 0.176 e. The van der Waals surface area contributed by atoms with Crippen molar-refractivity contribution in [1.29, 1.82) is 0 Å². The van der Waals surface area contributed by atoms with Gasteiger partial charge in [0.1, 0.15) is 69.3 Å². The zero-order valence-corrected chi connectivity index (χ0v) is 21.9. The number of aromatic hydroxyl groups is 6. The number of carbonyl (C=O) groups is 2. The number of hydrogen-bond acceptors (Lipinski definition) is 10. The van der Waals surface area contributed by atoms with Crippen molar-refractivity contribution < 1.29 is 49.7 Å². The molecule has 0 fully saturated rings. The van der Waals surface area contributed by atoms with Crippen molar-refractivity contribution in [3.63, 3.8) is 0 Å². The molecular weight excluding hydrogens is 520 g/mol. The van der Waals surface area contributed by atoms with Gasteiger partial charge in [0.05, 0.1) is 22.6 Å². The van der Waals surface area contributed by atoms with Gasteiger partial charge in [0.15, 0.2) is 11.6 Å². The Balaban J connectivity index is 1.76. The molecule has 10 nitrogen and oxygen atoms in total. The molecular formula is C30H26O10. The van der Waals surface area contributed by atoms with E-state index in [1.54, 1.807) is 27.7 Å². The van der Waals surface area contributed by atoms with E-state index >= 15 is 0 Å². The molecule has 0 amide bonds. The smallest absolute Gasteiger partial charge is 0.176 e. The Kier molecular flexibility index (Phi) is 5.29. The molecule has 206 valence electrons. The fourth-order valence-corrected chi connectivity index (χ4v) is 5.70. The molecule has 0 radical (unpaired) electrons. The quantitative estimate of drug-likeness (QED) is 0.189. The second-order valence-electron chi connectivity index (χ2n) is 10.6. The first-order valence-corrected chi connectivity index (χ1v) is 12.7. The van der Waals surface area contributed by atoms with Gasteiger partial charge >= 0.3 is 0 Å². The van der Waals surface area contributed by atoms with Crippen molar-refractivity contribution >= 4 is 33.1 Å². The minimum Gasteiger partial charge on any atom is -0.507 e. The highest BCUT2D eigenvalue weighted by atomic mass is 16.5. The Hall–Kier alpha value is -4.86. The van der Waals surface area contributed by atoms with Gasteiger partial charge < -0.3 is 40.1 Å². The average molecular weight is 547 g/mol. The maximum atomic E-state index is 13.0. The third kappa shape index (κ3) is 3.22. The van der Waals surface area contributed by atoms with Crippen LogP contribution in [0.2, 0.25) is 0 Å². The summed E-state index contributed by atoms with van der Waals surface area (Å²) >= 11 is 0. The SMILES string of the molecule is C[C@@H]1C(=O)c2c(cc3c(-c4c(O)cc(O)c5c(O)c6c(cc45)O[C@H](C)[C@@H](C)C6=O)c(O)cc(O)c3c2O)O[C@@H]1C. The Morgan fingerprint density at radius 3 is 1.23 bits per heavy atom. The normalized spacial score (nSPS) is 22.1. The highest BCUT2D eigenvalue weighted by Crippen LogP contribution is 2.55. The molecule has 0 spiro atoms. The van der Waals surface area contributed by atoms with Crippen LogP contribution in [0, 0.1) is 11.8 Å². The molecule has 6 N–H and O–H groups in total. The van der Waals surface area contributed by atoms with Crippen molar-refractivity contribution in [2.24, 2.45) is 11.8 Å². The summed E-state index contributed by atoms with van der Waals surface area (Å²) < 4.78 is 11.8. The minimum atomic E-state index is -0.568. The summed E-state index contributed by atoms with van der Waals surface area (Å²) in [6.45, 7) is 6.71. The molecule has 2 heterocycles. The van der Waals surface area contributed by atoms with Crippen LogP contribution in [0.4, 0.5) is 0 Å². The lowest BCUT2D eigenvalue weighted by Gasteiger charge is -2.30. The van der Waals surface area contributed by atoms with Crippen molar-refractivity contribution in [1.82, 2.24) is 0 Å². The number of carbonyl (C=O) groups excluding carboxylic acids is 2. The van der Waals surface area contributed by atoms with Crippen LogP contribution in [0.1, 0.15) is 48.4 Å². The summed E-state index contributed by atoms with van der Waals surface area (Å²) in [5.74, 6) is -5.10. The van der Waals surface area contributed by atoms with Crippen LogP contribution >= 0.6 is 0 Å². The first-order chi connectivity index (χ1) is 18.8. The van der Waals surface area contributed by atoms with Gasteiger partial charge in [-0.2, -0.15) is 0 Å². The summed E-state index contributed by atoms with van der Waals surface area (Å²) in [6.07, 6.45) is -1.06. The molecule has 0 saturated carbocycles. The zero-order chi connectivity index (χ0) is 28.9. The fourth-order valence-electron chi connectivity index (χ4n) is 5.70. The molecule has 0 aliphatic carbocycles. The van der Waals surface area contributed by atoms with Crippen LogP contribution in [0.15, 0.2) is 24.3 Å². The van der Waals surface area contributed by atoms with Crippen LogP contribution in [0.5, 0.6) is 46.0 Å². The van der Waals surface area contributed by atoms with E-state index in [0.29, 0.717) is 0 Å². The molecule has 0 aromatic heterocycles. The van der Waals surface area contributed by atoms with Crippen LogP contribution < -0.4 is 9.47 Å². The molecule has 40 heavy (non-hydrogen) atoms. The predicted octanol–water partition coefficient (Wildman–Crippen LogP) is 5.09. The van der Waals surface area contributed by atoms with Gasteiger partial charge in [0.2, 0.25) is 0 Å². The summed E-state index contributed by atoms with van der Waals surface area (Å²) in [4.78, 5) is 26.1. The lowest BCUT2D eigenvalue weighted by Crippen LogP contribution is -2.33. The number of ether oxygens (including phenoxy) is 2. The summed E-state index contributed by atoms with van der Waals surface area (Å²) in [5.41, 5.74) is -0.435. The van der Waals surface area contributed by atoms with E-state index < -0.39 is 58.5 Å². The molecule has 2 aliphatic heterocycles. The third-order valence-corrected chi connectivity index (χ3v) is 8.24. The van der Waals surface area contributed by atoms with Crippen LogP contribution in [0.3, 0.4) is 0 Å². The van der Waals surface area contributed by atoms with Gasteiger partial charge in [-0.1, -0.05) is 13.8 Å². The number of phenols is 6. The highest BCUT2D eigenvalue weighted by molar-refractivity contribution is 6.19. The van der Waals surface area contributed by atoms with Gasteiger partial charge in [0, 0.05) is 34.0 Å². The fraction of sp³-hybridized carbons (Fsp3) is 0.267. The van der Waals surface area contributed by atoms with E-state index in [1.165, 1.54) is 12.1 Å².